The lowest BCUT2D eigenvalue weighted by Crippen LogP contribution is -2.23. The molecule has 4 nitrogen and oxygen atoms in total. The molecule has 25 heavy (non-hydrogen) atoms. The standard InChI is InChI=1S/C19H18ClN3OS/c1-11-5-4-6-15-12(2)9-17(23-18(11)15)25-13(3)19(24)22-16-8-7-14(20)10-21-16/h4-10,13H,1-3H3,(H,21,22,24)/t13-/m0/s1. The summed E-state index contributed by atoms with van der Waals surface area (Å²) in [7, 11) is 0. The van der Waals surface area contributed by atoms with Crippen molar-refractivity contribution in [3.8, 4) is 0 Å². The van der Waals surface area contributed by atoms with Gasteiger partial charge in [0.15, 0.2) is 0 Å². The predicted octanol–water partition coefficient (Wildman–Crippen LogP) is 5.02. The maximum absolute atomic E-state index is 12.4. The van der Waals surface area contributed by atoms with Crippen molar-refractivity contribution in [2.75, 3.05) is 5.32 Å². The molecule has 0 saturated carbocycles. The zero-order valence-corrected chi connectivity index (χ0v) is 15.8. The lowest BCUT2D eigenvalue weighted by Gasteiger charge is -2.13. The highest BCUT2D eigenvalue weighted by molar-refractivity contribution is 8.00. The summed E-state index contributed by atoms with van der Waals surface area (Å²) in [5.41, 5.74) is 3.27. The molecule has 0 bridgehead atoms. The topological polar surface area (TPSA) is 54.9 Å². The fraction of sp³-hybridized carbons (Fsp3) is 0.211. The number of carbonyl (C=O) groups is 1. The van der Waals surface area contributed by atoms with E-state index in [4.69, 9.17) is 16.6 Å². The van der Waals surface area contributed by atoms with Crippen molar-refractivity contribution in [3.05, 3.63) is 58.7 Å². The number of hydrogen-bond acceptors (Lipinski definition) is 4. The van der Waals surface area contributed by atoms with Crippen LogP contribution in [0.4, 0.5) is 5.82 Å². The maximum atomic E-state index is 12.4. The van der Waals surface area contributed by atoms with E-state index in [2.05, 4.69) is 23.3 Å². The molecule has 1 amide bonds. The van der Waals surface area contributed by atoms with Gasteiger partial charge in [0.1, 0.15) is 5.82 Å². The highest BCUT2D eigenvalue weighted by atomic mass is 35.5. The van der Waals surface area contributed by atoms with Crippen molar-refractivity contribution in [1.82, 2.24) is 9.97 Å². The van der Waals surface area contributed by atoms with Crippen LogP contribution in [0.2, 0.25) is 5.02 Å². The number of aromatic nitrogens is 2. The van der Waals surface area contributed by atoms with Crippen LogP contribution in [0.3, 0.4) is 0 Å². The number of carbonyl (C=O) groups excluding carboxylic acids is 1. The van der Waals surface area contributed by atoms with Gasteiger partial charge in [-0.2, -0.15) is 0 Å². The third kappa shape index (κ3) is 4.11. The molecule has 1 aromatic carbocycles. The Morgan fingerprint density at radius 1 is 1.20 bits per heavy atom. The molecule has 6 heteroatoms. The van der Waals surface area contributed by atoms with Crippen molar-refractivity contribution >= 4 is 46.0 Å². The minimum absolute atomic E-state index is 0.121. The number of rotatable bonds is 4. The molecular weight excluding hydrogens is 354 g/mol. The van der Waals surface area contributed by atoms with Crippen LogP contribution < -0.4 is 5.32 Å². The Morgan fingerprint density at radius 3 is 2.72 bits per heavy atom. The number of aryl methyl sites for hydroxylation is 2. The molecule has 0 unspecified atom stereocenters. The van der Waals surface area contributed by atoms with Crippen molar-refractivity contribution in [3.63, 3.8) is 0 Å². The number of pyridine rings is 2. The zero-order valence-electron chi connectivity index (χ0n) is 14.2. The van der Waals surface area contributed by atoms with Gasteiger partial charge in [-0.3, -0.25) is 4.79 Å². The number of halogens is 1. The Hall–Kier alpha value is -2.11. The number of hydrogen-bond donors (Lipinski definition) is 1. The first-order valence-electron chi connectivity index (χ1n) is 7.90. The van der Waals surface area contributed by atoms with Crippen molar-refractivity contribution < 1.29 is 4.79 Å². The van der Waals surface area contributed by atoms with Crippen molar-refractivity contribution in [2.24, 2.45) is 0 Å². The van der Waals surface area contributed by atoms with Crippen LogP contribution in [0.1, 0.15) is 18.1 Å². The summed E-state index contributed by atoms with van der Waals surface area (Å²) in [4.78, 5) is 21.2. The molecule has 3 aromatic rings. The Labute approximate surface area is 156 Å². The summed E-state index contributed by atoms with van der Waals surface area (Å²) < 4.78 is 0. The van der Waals surface area contributed by atoms with Crippen LogP contribution in [0.25, 0.3) is 10.9 Å². The summed E-state index contributed by atoms with van der Waals surface area (Å²) in [6, 6.07) is 11.6. The lowest BCUT2D eigenvalue weighted by molar-refractivity contribution is -0.115. The van der Waals surface area contributed by atoms with E-state index in [-0.39, 0.29) is 11.2 Å². The van der Waals surface area contributed by atoms with Crippen LogP contribution in [-0.4, -0.2) is 21.1 Å². The molecule has 1 atom stereocenters. The summed E-state index contributed by atoms with van der Waals surface area (Å²) >= 11 is 7.24. The number of anilines is 1. The van der Waals surface area contributed by atoms with Gasteiger partial charge >= 0.3 is 0 Å². The van der Waals surface area contributed by atoms with Crippen LogP contribution in [0, 0.1) is 13.8 Å². The maximum Gasteiger partial charge on any atom is 0.238 e. The second kappa shape index (κ2) is 7.42. The number of nitrogens with one attached hydrogen (secondary N) is 1. The Morgan fingerprint density at radius 2 is 2.00 bits per heavy atom. The largest absolute Gasteiger partial charge is 0.310 e. The van der Waals surface area contributed by atoms with Gasteiger partial charge in [0.2, 0.25) is 5.91 Å². The second-order valence-corrected chi connectivity index (χ2v) is 7.66. The number of nitrogens with zero attached hydrogens (tertiary/aromatic N) is 2. The van der Waals surface area contributed by atoms with Crippen LogP contribution in [-0.2, 0) is 4.79 Å². The van der Waals surface area contributed by atoms with Crippen LogP contribution in [0.5, 0.6) is 0 Å². The monoisotopic (exact) mass is 371 g/mol. The van der Waals surface area contributed by atoms with Gasteiger partial charge in [0.25, 0.3) is 0 Å². The molecule has 0 aliphatic carbocycles. The lowest BCUT2D eigenvalue weighted by atomic mass is 10.1. The quantitative estimate of drug-likeness (QED) is 0.654. The van der Waals surface area contributed by atoms with Crippen LogP contribution >= 0.6 is 23.4 Å². The first kappa shape index (κ1) is 17.7. The van der Waals surface area contributed by atoms with Gasteiger partial charge < -0.3 is 5.32 Å². The van der Waals surface area contributed by atoms with Gasteiger partial charge in [-0.15, -0.1) is 0 Å². The van der Waals surface area contributed by atoms with Crippen molar-refractivity contribution in [1.29, 1.82) is 0 Å². The molecule has 0 radical (unpaired) electrons. The SMILES string of the molecule is Cc1cc(S[C@@H](C)C(=O)Nc2ccc(Cl)cn2)nc2c(C)cccc12. The molecular formula is C19H18ClN3OS. The molecule has 0 aliphatic heterocycles. The minimum atomic E-state index is -0.300. The van der Waals surface area contributed by atoms with E-state index in [1.165, 1.54) is 18.0 Å². The molecule has 0 spiro atoms. The Bertz CT molecular complexity index is 928. The van der Waals surface area contributed by atoms with Gasteiger partial charge in [-0.25, -0.2) is 9.97 Å². The molecule has 3 rings (SSSR count). The molecule has 0 aliphatic rings. The van der Waals surface area contributed by atoms with E-state index in [1.54, 1.807) is 12.1 Å². The van der Waals surface area contributed by atoms with E-state index in [9.17, 15) is 4.79 Å². The van der Waals surface area contributed by atoms with E-state index >= 15 is 0 Å². The summed E-state index contributed by atoms with van der Waals surface area (Å²) in [5.74, 6) is 0.365. The first-order valence-corrected chi connectivity index (χ1v) is 9.16. The fourth-order valence-corrected chi connectivity index (χ4v) is 3.53. The predicted molar refractivity (Wildman–Crippen MR) is 104 cm³/mol. The number of amides is 1. The summed E-state index contributed by atoms with van der Waals surface area (Å²) in [6.07, 6.45) is 1.51. The summed E-state index contributed by atoms with van der Waals surface area (Å²) in [6.45, 7) is 5.97. The first-order chi connectivity index (χ1) is 11.9. The van der Waals surface area contributed by atoms with Gasteiger partial charge in [0.05, 0.1) is 20.8 Å². The molecule has 0 fully saturated rings. The number of thioether (sulfide) groups is 1. The highest BCUT2D eigenvalue weighted by Gasteiger charge is 2.17. The second-order valence-electron chi connectivity index (χ2n) is 5.86. The molecule has 0 saturated heterocycles. The van der Waals surface area contributed by atoms with Gasteiger partial charge in [-0.1, -0.05) is 41.6 Å². The van der Waals surface area contributed by atoms with E-state index in [0.29, 0.717) is 10.8 Å². The van der Waals surface area contributed by atoms with Gasteiger partial charge in [-0.05, 0) is 50.1 Å². The Kier molecular flexibility index (Phi) is 5.25. The van der Waals surface area contributed by atoms with Crippen LogP contribution in [0.15, 0.2) is 47.6 Å². The third-order valence-corrected chi connectivity index (χ3v) is 5.11. The third-order valence-electron chi connectivity index (χ3n) is 3.87. The van der Waals surface area contributed by atoms with E-state index < -0.39 is 0 Å². The summed E-state index contributed by atoms with van der Waals surface area (Å²) in [5, 5.41) is 5.01. The van der Waals surface area contributed by atoms with E-state index in [1.807, 2.05) is 32.0 Å². The average Bonchev–Trinajstić information content (AvgIpc) is 2.58. The zero-order chi connectivity index (χ0) is 18.0. The van der Waals surface area contributed by atoms with Gasteiger partial charge in [0, 0.05) is 11.6 Å². The van der Waals surface area contributed by atoms with E-state index in [0.717, 1.165) is 27.1 Å². The Balaban J connectivity index is 1.77. The molecule has 1 N–H and O–H groups in total. The number of para-hydroxylation sites is 1. The molecule has 128 valence electrons. The van der Waals surface area contributed by atoms with Crippen molar-refractivity contribution in [2.45, 2.75) is 31.0 Å². The molecule has 2 heterocycles. The number of benzene rings is 1. The highest BCUT2D eigenvalue weighted by Crippen LogP contribution is 2.28. The number of fused-ring (bicyclic) bond motifs is 1. The average molecular weight is 372 g/mol. The minimum Gasteiger partial charge on any atom is -0.310 e. The fourth-order valence-electron chi connectivity index (χ4n) is 2.50. The molecule has 2 aromatic heterocycles. The smallest absolute Gasteiger partial charge is 0.238 e. The normalized spacial score (nSPS) is 12.2.